The Morgan fingerprint density at radius 1 is 0.946 bits per heavy atom. The molecule has 37 heavy (non-hydrogen) atoms. The van der Waals surface area contributed by atoms with Crippen molar-refractivity contribution in [1.29, 1.82) is 0 Å². The van der Waals surface area contributed by atoms with Gasteiger partial charge in [0.05, 0.1) is 19.6 Å². The molecule has 0 bridgehead atoms. The Hall–Kier alpha value is -4.24. The van der Waals surface area contributed by atoms with Crippen LogP contribution in [0.3, 0.4) is 0 Å². The molecule has 0 aliphatic rings. The number of benzene rings is 3. The molecule has 1 atom stereocenters. The molecule has 10 heteroatoms. The van der Waals surface area contributed by atoms with E-state index in [-0.39, 0.29) is 25.1 Å². The van der Waals surface area contributed by atoms with E-state index in [4.69, 9.17) is 39.7 Å². The number of rotatable bonds is 11. The molecule has 1 aromatic heterocycles. The summed E-state index contributed by atoms with van der Waals surface area (Å²) in [6, 6.07) is 18.2. The molecule has 0 aliphatic heterocycles. The van der Waals surface area contributed by atoms with Crippen molar-refractivity contribution < 1.29 is 37.7 Å². The minimum Gasteiger partial charge on any atom is -0.493 e. The highest BCUT2D eigenvalue weighted by atomic mass is 35.5. The van der Waals surface area contributed by atoms with Crippen LogP contribution in [0, 0.1) is 0 Å². The van der Waals surface area contributed by atoms with Crippen LogP contribution in [-0.2, 0) is 14.3 Å². The Labute approximate surface area is 217 Å². The first-order valence-corrected chi connectivity index (χ1v) is 11.9. The Bertz CT molecular complexity index is 1350. The molecule has 0 saturated heterocycles. The van der Waals surface area contributed by atoms with Crippen LogP contribution in [0.15, 0.2) is 71.1 Å². The summed E-state index contributed by atoms with van der Waals surface area (Å²) in [6.07, 6.45) is -0.633. The topological polar surface area (TPSA) is 106 Å². The summed E-state index contributed by atoms with van der Waals surface area (Å²) < 4.78 is 32.6. The molecule has 1 unspecified atom stereocenters. The number of fused-ring (bicyclic) bond motifs is 1. The van der Waals surface area contributed by atoms with Crippen molar-refractivity contribution in [2.75, 3.05) is 13.2 Å². The summed E-state index contributed by atoms with van der Waals surface area (Å²) in [7, 11) is 0. The lowest BCUT2D eigenvalue weighted by molar-refractivity contribution is -0.144. The van der Waals surface area contributed by atoms with Crippen LogP contribution in [-0.4, -0.2) is 36.2 Å². The van der Waals surface area contributed by atoms with Crippen LogP contribution < -0.4 is 18.9 Å². The summed E-state index contributed by atoms with van der Waals surface area (Å²) in [4.78, 5) is 28.0. The summed E-state index contributed by atoms with van der Waals surface area (Å²) >= 11 is 5.96. The quantitative estimate of drug-likeness (QED) is 0.173. The van der Waals surface area contributed by atoms with Crippen molar-refractivity contribution in [2.45, 2.75) is 26.4 Å². The first-order valence-electron chi connectivity index (χ1n) is 11.5. The van der Waals surface area contributed by atoms with Gasteiger partial charge >= 0.3 is 18.0 Å². The van der Waals surface area contributed by atoms with E-state index in [1.807, 2.05) is 0 Å². The van der Waals surface area contributed by atoms with Crippen molar-refractivity contribution in [3.05, 3.63) is 71.8 Å². The monoisotopic (exact) mass is 525 g/mol. The first kappa shape index (κ1) is 25.8. The molecule has 4 aromatic rings. The number of ether oxygens (including phenoxy) is 5. The third-order valence-corrected chi connectivity index (χ3v) is 5.16. The number of carbonyl (C=O) groups excluding carboxylic acids is 2. The normalized spacial score (nSPS) is 11.5. The number of esters is 2. The maximum absolute atomic E-state index is 12.4. The van der Waals surface area contributed by atoms with E-state index < -0.39 is 12.1 Å². The molecule has 0 fully saturated rings. The molecule has 0 amide bonds. The highest BCUT2D eigenvalue weighted by Crippen LogP contribution is 2.28. The van der Waals surface area contributed by atoms with Crippen LogP contribution in [0.4, 0.5) is 0 Å². The third kappa shape index (κ3) is 7.37. The maximum Gasteiger partial charge on any atom is 0.400 e. The largest absolute Gasteiger partial charge is 0.493 e. The summed E-state index contributed by atoms with van der Waals surface area (Å²) in [5, 5.41) is 0.540. The molecule has 0 radical (unpaired) electrons. The average Bonchev–Trinajstić information content (AvgIpc) is 3.27. The van der Waals surface area contributed by atoms with Gasteiger partial charge in [-0.05, 0) is 74.5 Å². The zero-order chi connectivity index (χ0) is 26.2. The molecule has 0 spiro atoms. The molecule has 192 valence electrons. The summed E-state index contributed by atoms with van der Waals surface area (Å²) in [6.45, 7) is 3.85. The van der Waals surface area contributed by atoms with E-state index in [1.54, 1.807) is 80.6 Å². The van der Waals surface area contributed by atoms with Gasteiger partial charge in [-0.3, -0.25) is 4.79 Å². The van der Waals surface area contributed by atoms with Gasteiger partial charge < -0.3 is 28.1 Å². The molecular weight excluding hydrogens is 502 g/mol. The predicted octanol–water partition coefficient (Wildman–Crippen LogP) is 5.98. The van der Waals surface area contributed by atoms with Crippen molar-refractivity contribution >= 4 is 34.6 Å². The highest BCUT2D eigenvalue weighted by molar-refractivity contribution is 6.31. The first-order chi connectivity index (χ1) is 17.9. The SMILES string of the molecule is CCOC(=O)CCOc1ccc(OC(=O)C(C)Oc2ccc(Oc3nc4ccc(Cl)cc4o3)cc2)cc1. The minimum atomic E-state index is -0.867. The molecule has 9 nitrogen and oxygen atoms in total. The van der Waals surface area contributed by atoms with Gasteiger partial charge in [-0.15, -0.1) is 0 Å². The lowest BCUT2D eigenvalue weighted by Gasteiger charge is -2.14. The fourth-order valence-electron chi connectivity index (χ4n) is 3.15. The van der Waals surface area contributed by atoms with Gasteiger partial charge in [0.15, 0.2) is 11.7 Å². The predicted molar refractivity (Wildman–Crippen MR) is 134 cm³/mol. The van der Waals surface area contributed by atoms with E-state index >= 15 is 0 Å². The molecule has 4 rings (SSSR count). The lowest BCUT2D eigenvalue weighted by atomic mass is 10.3. The van der Waals surface area contributed by atoms with Crippen molar-refractivity contribution in [3.8, 4) is 29.1 Å². The van der Waals surface area contributed by atoms with Gasteiger partial charge in [0.25, 0.3) is 0 Å². The molecule has 1 heterocycles. The Kier molecular flexibility index (Phi) is 8.48. The van der Waals surface area contributed by atoms with E-state index in [1.165, 1.54) is 0 Å². The van der Waals surface area contributed by atoms with E-state index in [2.05, 4.69) is 4.98 Å². The minimum absolute atomic E-state index is 0.0818. The number of hydrogen-bond acceptors (Lipinski definition) is 9. The molecule has 3 aromatic carbocycles. The van der Waals surface area contributed by atoms with Crippen LogP contribution in [0.5, 0.6) is 29.1 Å². The third-order valence-electron chi connectivity index (χ3n) is 4.93. The standard InChI is InChI=1S/C27H24ClNO8/c1-3-32-25(30)14-15-33-19-5-7-21(8-6-19)35-26(31)17(2)34-20-9-11-22(12-10-20)36-27-29-23-13-4-18(28)16-24(23)37-27/h4-13,16-17H,3,14-15H2,1-2H3. The number of aromatic nitrogens is 1. The van der Waals surface area contributed by atoms with Gasteiger partial charge in [-0.25, -0.2) is 4.79 Å². The maximum atomic E-state index is 12.4. The van der Waals surface area contributed by atoms with Gasteiger partial charge in [0, 0.05) is 11.1 Å². The zero-order valence-electron chi connectivity index (χ0n) is 20.1. The second kappa shape index (κ2) is 12.1. The number of nitrogens with zero attached hydrogens (tertiary/aromatic N) is 1. The van der Waals surface area contributed by atoms with E-state index in [9.17, 15) is 9.59 Å². The van der Waals surface area contributed by atoms with Gasteiger partial charge in [-0.1, -0.05) is 11.6 Å². The van der Waals surface area contributed by atoms with Crippen molar-refractivity contribution in [3.63, 3.8) is 0 Å². The van der Waals surface area contributed by atoms with Gasteiger partial charge in [-0.2, -0.15) is 4.98 Å². The number of oxazole rings is 1. The van der Waals surface area contributed by atoms with Crippen LogP contribution in [0.2, 0.25) is 5.02 Å². The lowest BCUT2D eigenvalue weighted by Crippen LogP contribution is -2.28. The molecule has 0 aliphatic carbocycles. The summed E-state index contributed by atoms with van der Waals surface area (Å²) in [5.41, 5.74) is 1.15. The Morgan fingerprint density at radius 2 is 1.62 bits per heavy atom. The van der Waals surface area contributed by atoms with Crippen LogP contribution in [0.25, 0.3) is 11.1 Å². The zero-order valence-corrected chi connectivity index (χ0v) is 20.9. The van der Waals surface area contributed by atoms with E-state index in [0.717, 1.165) is 0 Å². The Morgan fingerprint density at radius 3 is 2.35 bits per heavy atom. The molecule has 0 saturated carbocycles. The fraction of sp³-hybridized carbons (Fsp3) is 0.222. The summed E-state index contributed by atoms with van der Waals surface area (Å²) in [5.74, 6) is 0.912. The number of hydrogen-bond donors (Lipinski definition) is 0. The highest BCUT2D eigenvalue weighted by Gasteiger charge is 2.18. The van der Waals surface area contributed by atoms with Crippen molar-refractivity contribution in [2.24, 2.45) is 0 Å². The van der Waals surface area contributed by atoms with Crippen LogP contribution in [0.1, 0.15) is 20.3 Å². The smallest absolute Gasteiger partial charge is 0.400 e. The van der Waals surface area contributed by atoms with Crippen molar-refractivity contribution in [1.82, 2.24) is 4.98 Å². The molecular formula is C27H24ClNO8. The average molecular weight is 526 g/mol. The van der Waals surface area contributed by atoms with Gasteiger partial charge in [0.1, 0.15) is 28.5 Å². The number of halogens is 1. The Balaban J connectivity index is 1.25. The van der Waals surface area contributed by atoms with E-state index in [0.29, 0.717) is 45.7 Å². The second-order valence-corrected chi connectivity index (χ2v) is 8.16. The fourth-order valence-corrected chi connectivity index (χ4v) is 3.31. The molecule has 0 N–H and O–H groups in total. The van der Waals surface area contributed by atoms with Crippen LogP contribution >= 0.6 is 11.6 Å². The number of carbonyl (C=O) groups is 2. The second-order valence-electron chi connectivity index (χ2n) is 7.72. The van der Waals surface area contributed by atoms with Gasteiger partial charge in [0.2, 0.25) is 0 Å².